The third-order valence-electron chi connectivity index (χ3n) is 14.2. The summed E-state index contributed by atoms with van der Waals surface area (Å²) >= 11 is 0. The van der Waals surface area contributed by atoms with Crippen LogP contribution in [-0.4, -0.2) is 103 Å². The van der Waals surface area contributed by atoms with E-state index in [1.807, 2.05) is 0 Å². The number of amides is 2. The quantitative estimate of drug-likeness (QED) is 0.195. The second kappa shape index (κ2) is 16.0. The van der Waals surface area contributed by atoms with Crippen LogP contribution in [0.3, 0.4) is 0 Å². The molecule has 3 fully saturated rings. The Hall–Kier alpha value is -5.01. The molecule has 0 spiro atoms. The number of hydrogen-bond donors (Lipinski definition) is 1. The highest BCUT2D eigenvalue weighted by Gasteiger charge is 2.50. The maximum absolute atomic E-state index is 15.5. The molecule has 0 radical (unpaired) electrons. The summed E-state index contributed by atoms with van der Waals surface area (Å²) in [5.74, 6) is -0.0456. The van der Waals surface area contributed by atoms with E-state index in [0.29, 0.717) is 37.5 Å². The fourth-order valence-electron chi connectivity index (χ4n) is 11.3. The molecule has 3 aromatic carbocycles. The molecule has 3 aliphatic heterocycles. The van der Waals surface area contributed by atoms with Crippen molar-refractivity contribution < 1.29 is 22.7 Å². The number of hydrogen-bond acceptors (Lipinski definition) is 7. The molecule has 11 nitrogen and oxygen atoms in total. The molecule has 1 aromatic heterocycles. The lowest BCUT2D eigenvalue weighted by Gasteiger charge is -2.54. The smallest absolute Gasteiger partial charge is 0.303 e. The zero-order chi connectivity index (χ0) is 42.0. The van der Waals surface area contributed by atoms with Gasteiger partial charge in [-0.2, -0.15) is 12.7 Å². The van der Waals surface area contributed by atoms with Gasteiger partial charge in [0.1, 0.15) is 5.75 Å². The van der Waals surface area contributed by atoms with Crippen molar-refractivity contribution in [2.75, 3.05) is 47.4 Å². The fraction of sp³-hybridized carbons (Fsp3) is 0.429. The molecule has 10 rings (SSSR count). The molecule has 1 saturated carbocycles. The maximum Gasteiger partial charge on any atom is 0.303 e. The van der Waals surface area contributed by atoms with Crippen LogP contribution in [0.15, 0.2) is 113 Å². The first kappa shape index (κ1) is 40.1. The minimum Gasteiger partial charge on any atom is -0.496 e. The van der Waals surface area contributed by atoms with E-state index in [4.69, 9.17) is 4.74 Å². The van der Waals surface area contributed by atoms with Crippen LogP contribution in [0.4, 0.5) is 0 Å². The highest BCUT2D eigenvalue weighted by atomic mass is 32.2. The molecule has 2 amide bonds. The minimum atomic E-state index is -4.02. The average Bonchev–Trinajstić information content (AvgIpc) is 3.89. The number of methoxy groups -OCH3 is 1. The van der Waals surface area contributed by atoms with Gasteiger partial charge in [0.05, 0.1) is 24.1 Å². The number of carbonyl (C=O) groups is 2. The van der Waals surface area contributed by atoms with Crippen LogP contribution in [0, 0.1) is 5.92 Å². The first-order valence-corrected chi connectivity index (χ1v) is 23.5. The summed E-state index contributed by atoms with van der Waals surface area (Å²) in [4.78, 5) is 36.7. The summed E-state index contributed by atoms with van der Waals surface area (Å²) in [6, 6.07) is 28.2. The number of nitrogens with one attached hydrogen (secondary N) is 1. The monoisotopic (exact) mass is 840 g/mol. The SMILES string of the molecule is COc1ccc(C2CCCCC2)c2c1cc1n2CC2=C(C(=O)NS(=O)(=O)N(C)C)C2=C2C=CC[C@@H](C(=O)N3CC4CN(Cc5ccccc5)CC(C3)N4Cc3ccccc3)C21. The molecule has 2 saturated heterocycles. The van der Waals surface area contributed by atoms with Crippen LogP contribution < -0.4 is 9.46 Å². The molecule has 4 aromatic rings. The maximum atomic E-state index is 15.5. The summed E-state index contributed by atoms with van der Waals surface area (Å²) in [6.07, 6.45) is 10.6. The van der Waals surface area contributed by atoms with Crippen molar-refractivity contribution in [2.24, 2.45) is 5.92 Å². The van der Waals surface area contributed by atoms with E-state index in [9.17, 15) is 13.2 Å². The Kier molecular flexibility index (Phi) is 10.5. The Balaban J connectivity index is 1.03. The van der Waals surface area contributed by atoms with Gasteiger partial charge in [0.2, 0.25) is 5.91 Å². The van der Waals surface area contributed by atoms with E-state index in [1.54, 1.807) is 7.11 Å². The van der Waals surface area contributed by atoms with Gasteiger partial charge in [-0.25, -0.2) is 4.72 Å². The molecule has 4 heterocycles. The van der Waals surface area contributed by atoms with Crippen LogP contribution >= 0.6 is 0 Å². The third kappa shape index (κ3) is 7.35. The molecule has 12 heteroatoms. The van der Waals surface area contributed by atoms with Crippen molar-refractivity contribution in [2.45, 2.75) is 82.1 Å². The summed E-state index contributed by atoms with van der Waals surface area (Å²) in [5, 5.41) is 1.02. The van der Waals surface area contributed by atoms with Crippen molar-refractivity contribution >= 4 is 32.9 Å². The standard InChI is InChI=1S/C49H56N6O5S/c1-51(2)61(58,59)50-48(56)46-41-31-55-42(24-40-43(60-3)23-22-37(47(40)55)34-18-11-6-12-19-34)44-38(45(41)46)20-13-21-39(44)49(57)53-29-35-27-52(25-32-14-7-4-8-15-32)28-36(30-53)54(35)26-33-16-9-5-10-17-33/h4-5,7-10,13-17,20,22-24,34-36,39,44H,6,11-12,18-19,21,25-31H2,1-3H3,(H,50,56)/t35?,36?,39-,44?/m1/s1. The minimum absolute atomic E-state index is 0.139. The number of benzene rings is 3. The molecule has 61 heavy (non-hydrogen) atoms. The zero-order valence-corrected chi connectivity index (χ0v) is 36.2. The third-order valence-corrected chi connectivity index (χ3v) is 15.6. The molecule has 1 N–H and O–H groups in total. The van der Waals surface area contributed by atoms with Crippen molar-refractivity contribution in [3.8, 4) is 5.75 Å². The van der Waals surface area contributed by atoms with E-state index < -0.39 is 22.0 Å². The average molecular weight is 841 g/mol. The van der Waals surface area contributed by atoms with Crippen molar-refractivity contribution in [1.29, 1.82) is 0 Å². The van der Waals surface area contributed by atoms with Crippen molar-refractivity contribution in [3.05, 3.63) is 136 Å². The molecule has 6 aliphatic rings. The van der Waals surface area contributed by atoms with Gasteiger partial charge >= 0.3 is 10.2 Å². The number of fused-ring (bicyclic) bond motifs is 8. The number of ether oxygens (including phenoxy) is 1. The van der Waals surface area contributed by atoms with Gasteiger partial charge in [0.25, 0.3) is 5.91 Å². The first-order valence-electron chi connectivity index (χ1n) is 22.0. The Morgan fingerprint density at radius 3 is 2.18 bits per heavy atom. The van der Waals surface area contributed by atoms with Crippen molar-refractivity contribution in [1.82, 2.24) is 28.3 Å². The van der Waals surface area contributed by atoms with E-state index in [0.717, 1.165) is 82.4 Å². The lowest BCUT2D eigenvalue weighted by molar-refractivity contribution is -0.144. The molecular formula is C49H56N6O5S. The molecule has 318 valence electrons. The summed E-state index contributed by atoms with van der Waals surface area (Å²) < 4.78 is 37.6. The summed E-state index contributed by atoms with van der Waals surface area (Å²) in [7, 11) is 0.504. The predicted octanol–water partition coefficient (Wildman–Crippen LogP) is 6.50. The number of rotatable bonds is 10. The Bertz CT molecular complexity index is 2560. The molecule has 4 atom stereocenters. The summed E-state index contributed by atoms with van der Waals surface area (Å²) in [5.41, 5.74) is 8.99. The van der Waals surface area contributed by atoms with Crippen LogP contribution in [-0.2, 0) is 39.4 Å². The summed E-state index contributed by atoms with van der Waals surface area (Å²) in [6.45, 7) is 5.14. The zero-order valence-electron chi connectivity index (χ0n) is 35.4. The fourth-order valence-corrected chi connectivity index (χ4v) is 11.8. The molecule has 2 bridgehead atoms. The predicted molar refractivity (Wildman–Crippen MR) is 237 cm³/mol. The van der Waals surface area contributed by atoms with Crippen LogP contribution in [0.1, 0.15) is 72.7 Å². The topological polar surface area (TPSA) is 107 Å². The number of carbonyl (C=O) groups excluding carboxylic acids is 2. The number of piperazine rings is 2. The van der Waals surface area contributed by atoms with Crippen LogP contribution in [0.5, 0.6) is 5.75 Å². The van der Waals surface area contributed by atoms with E-state index in [-0.39, 0.29) is 23.9 Å². The second-order valence-corrected chi connectivity index (χ2v) is 20.0. The normalized spacial score (nSPS) is 24.4. The van der Waals surface area contributed by atoms with Gasteiger partial charge in [0.15, 0.2) is 0 Å². The molecule has 3 unspecified atom stereocenters. The highest BCUT2D eigenvalue weighted by molar-refractivity contribution is 7.87. The van der Waals surface area contributed by atoms with Gasteiger partial charge < -0.3 is 14.2 Å². The molecule has 3 aliphatic carbocycles. The van der Waals surface area contributed by atoms with Gasteiger partial charge in [-0.05, 0) is 70.7 Å². The van der Waals surface area contributed by atoms with Crippen LogP contribution in [0.25, 0.3) is 10.9 Å². The van der Waals surface area contributed by atoms with Gasteiger partial charge in [-0.3, -0.25) is 19.4 Å². The van der Waals surface area contributed by atoms with Gasteiger partial charge in [-0.15, -0.1) is 0 Å². The van der Waals surface area contributed by atoms with Crippen molar-refractivity contribution in [3.63, 3.8) is 0 Å². The Labute approximate surface area is 359 Å². The number of nitrogens with zero attached hydrogens (tertiary/aromatic N) is 5. The van der Waals surface area contributed by atoms with E-state index >= 15 is 4.79 Å². The second-order valence-electron chi connectivity index (χ2n) is 18.1. The Morgan fingerprint density at radius 2 is 1.52 bits per heavy atom. The lowest BCUT2D eigenvalue weighted by atomic mass is 9.75. The van der Waals surface area contributed by atoms with Gasteiger partial charge in [-0.1, -0.05) is 98.1 Å². The number of allylic oxidation sites excluding steroid dienone is 4. The number of aromatic nitrogens is 1. The highest BCUT2D eigenvalue weighted by Crippen LogP contribution is 2.55. The van der Waals surface area contributed by atoms with Gasteiger partial charge in [0, 0.05) is 89.0 Å². The largest absolute Gasteiger partial charge is 0.496 e. The Morgan fingerprint density at radius 1 is 0.852 bits per heavy atom. The van der Waals surface area contributed by atoms with E-state index in [1.165, 1.54) is 50.0 Å². The van der Waals surface area contributed by atoms with E-state index in [2.05, 4.69) is 115 Å². The molecular weight excluding hydrogens is 785 g/mol. The van der Waals surface area contributed by atoms with Crippen LogP contribution in [0.2, 0.25) is 0 Å². The lowest BCUT2D eigenvalue weighted by Crippen LogP contribution is -2.69. The first-order chi connectivity index (χ1) is 29.6.